The molecular formula is C25H26F3N7O2. The normalized spacial score (nSPS) is 15.0. The first-order valence-corrected chi connectivity index (χ1v) is 11.4. The smallest absolute Gasteiger partial charge is 0.368 e. The molecule has 2 aromatic carbocycles. The van der Waals surface area contributed by atoms with Crippen LogP contribution in [0.2, 0.25) is 0 Å². The number of alkyl halides is 3. The molecular weight excluding hydrogens is 487 g/mol. The highest BCUT2D eigenvalue weighted by atomic mass is 19.4. The van der Waals surface area contributed by atoms with Crippen LogP contribution in [0.25, 0.3) is 11.4 Å². The number of halogens is 3. The fraction of sp³-hybridized carbons (Fsp3) is 0.280. The number of nitrogens with one attached hydrogen (secondary N) is 1. The minimum atomic E-state index is -4.41. The third-order valence-corrected chi connectivity index (χ3v) is 6.05. The Kier molecular flexibility index (Phi) is 7.03. The molecule has 194 valence electrons. The number of fused-ring (bicyclic) bond motifs is 1. The number of nitrogens with zero attached hydrogens (tertiary/aromatic N) is 4. The topological polar surface area (TPSA) is 130 Å². The molecule has 37 heavy (non-hydrogen) atoms. The van der Waals surface area contributed by atoms with Crippen LogP contribution in [0, 0.1) is 0 Å². The fourth-order valence-corrected chi connectivity index (χ4v) is 4.04. The Morgan fingerprint density at radius 3 is 2.35 bits per heavy atom. The molecule has 0 spiro atoms. The molecule has 1 aliphatic heterocycles. The number of rotatable bonds is 6. The molecule has 5 N–H and O–H groups in total. The highest BCUT2D eigenvalue weighted by Crippen LogP contribution is 2.36. The average Bonchev–Trinajstić information content (AvgIpc) is 3.00. The van der Waals surface area contributed by atoms with Gasteiger partial charge in [-0.3, -0.25) is 9.59 Å². The number of aromatic nitrogens is 2. The summed E-state index contributed by atoms with van der Waals surface area (Å²) in [6.07, 6.45) is -4.41. The summed E-state index contributed by atoms with van der Waals surface area (Å²) < 4.78 is 39.2. The third-order valence-electron chi connectivity index (χ3n) is 6.05. The summed E-state index contributed by atoms with van der Waals surface area (Å²) in [5, 5.41) is 2.84. The molecule has 1 atom stereocenters. The van der Waals surface area contributed by atoms with E-state index in [1.54, 1.807) is 13.0 Å². The summed E-state index contributed by atoms with van der Waals surface area (Å²) in [4.78, 5) is 36.1. The molecule has 2 amide bonds. The number of carbonyl (C=O) groups excluding carboxylic acids is 2. The van der Waals surface area contributed by atoms with Crippen LogP contribution in [0.5, 0.6) is 0 Å². The first-order chi connectivity index (χ1) is 17.4. The van der Waals surface area contributed by atoms with E-state index in [4.69, 9.17) is 11.5 Å². The monoisotopic (exact) mass is 513 g/mol. The molecule has 9 nitrogen and oxygen atoms in total. The van der Waals surface area contributed by atoms with Crippen molar-refractivity contribution < 1.29 is 22.8 Å². The van der Waals surface area contributed by atoms with E-state index in [1.807, 2.05) is 24.1 Å². The van der Waals surface area contributed by atoms with Crippen molar-refractivity contribution in [1.29, 1.82) is 0 Å². The maximum absolute atomic E-state index is 13.1. The Morgan fingerprint density at radius 1 is 1.03 bits per heavy atom. The van der Waals surface area contributed by atoms with E-state index in [9.17, 15) is 22.8 Å². The summed E-state index contributed by atoms with van der Waals surface area (Å²) in [5.74, 6) is -0.937. The van der Waals surface area contributed by atoms with Crippen molar-refractivity contribution >= 4 is 29.0 Å². The Bertz CT molecular complexity index is 1330. The van der Waals surface area contributed by atoms with Crippen molar-refractivity contribution in [3.05, 3.63) is 65.4 Å². The van der Waals surface area contributed by atoms with Crippen molar-refractivity contribution in [3.8, 4) is 11.4 Å². The van der Waals surface area contributed by atoms with Crippen LogP contribution in [0.3, 0.4) is 0 Å². The molecule has 1 aliphatic rings. The number of hydrogen-bond acceptors (Lipinski definition) is 7. The Hall–Kier alpha value is -4.19. The van der Waals surface area contributed by atoms with Crippen molar-refractivity contribution in [2.45, 2.75) is 25.7 Å². The molecule has 0 aliphatic carbocycles. The summed E-state index contributed by atoms with van der Waals surface area (Å²) >= 11 is 0. The van der Waals surface area contributed by atoms with Gasteiger partial charge in [0.25, 0.3) is 5.91 Å². The summed E-state index contributed by atoms with van der Waals surface area (Å²) in [6, 6.07) is 11.1. The van der Waals surface area contributed by atoms with Gasteiger partial charge in [-0.15, -0.1) is 0 Å². The third kappa shape index (κ3) is 5.80. The van der Waals surface area contributed by atoms with Gasteiger partial charge in [-0.25, -0.2) is 9.97 Å². The van der Waals surface area contributed by atoms with Crippen LogP contribution in [0.1, 0.15) is 28.5 Å². The zero-order valence-corrected chi connectivity index (χ0v) is 20.2. The van der Waals surface area contributed by atoms with Gasteiger partial charge >= 0.3 is 6.18 Å². The Labute approximate surface area is 211 Å². The van der Waals surface area contributed by atoms with Gasteiger partial charge in [0.15, 0.2) is 5.82 Å². The predicted octanol–water partition coefficient (Wildman–Crippen LogP) is 3.13. The standard InChI is InChI=1S/C25H26F3N7O2/c1-14(22(29)36)31-21-12-19(23(30)37)32-24(33-21)15-3-8-20-16(11-15)13-34(2)9-10-35(20)18-6-4-17(5-7-18)25(26,27)28/h3-8,11-12,14H,9-10,13H2,1-2H3,(H2,29,36)(H2,30,37)(H,31,32,33)/t14-/m0/s1. The molecule has 0 radical (unpaired) electrons. The predicted molar refractivity (Wildman–Crippen MR) is 133 cm³/mol. The number of likely N-dealkylation sites (N-methyl/N-ethyl adjacent to an activating group) is 1. The van der Waals surface area contributed by atoms with E-state index in [-0.39, 0.29) is 17.3 Å². The van der Waals surface area contributed by atoms with Crippen molar-refractivity contribution in [3.63, 3.8) is 0 Å². The lowest BCUT2D eigenvalue weighted by atomic mass is 10.1. The van der Waals surface area contributed by atoms with E-state index >= 15 is 0 Å². The number of nitrogens with two attached hydrogens (primary N) is 2. The minimum absolute atomic E-state index is 0.0392. The second-order valence-corrected chi connectivity index (χ2v) is 8.87. The molecule has 0 saturated carbocycles. The van der Waals surface area contributed by atoms with Crippen LogP contribution in [0.4, 0.5) is 30.4 Å². The van der Waals surface area contributed by atoms with Gasteiger partial charge in [-0.2, -0.15) is 13.2 Å². The second kappa shape index (κ2) is 10.1. The number of benzene rings is 2. The van der Waals surface area contributed by atoms with Crippen LogP contribution in [0.15, 0.2) is 48.5 Å². The molecule has 0 bridgehead atoms. The quantitative estimate of drug-likeness (QED) is 0.462. The Morgan fingerprint density at radius 2 is 1.73 bits per heavy atom. The molecule has 0 fully saturated rings. The maximum Gasteiger partial charge on any atom is 0.416 e. The van der Waals surface area contributed by atoms with E-state index in [0.717, 1.165) is 23.4 Å². The first-order valence-electron chi connectivity index (χ1n) is 11.4. The minimum Gasteiger partial charge on any atom is -0.368 e. The number of amides is 2. The van der Waals surface area contributed by atoms with Gasteiger partial charge in [0.2, 0.25) is 5.91 Å². The van der Waals surface area contributed by atoms with Crippen LogP contribution < -0.4 is 21.7 Å². The number of hydrogen-bond donors (Lipinski definition) is 3. The van der Waals surface area contributed by atoms with E-state index in [1.165, 1.54) is 18.2 Å². The zero-order valence-electron chi connectivity index (χ0n) is 20.2. The highest BCUT2D eigenvalue weighted by Gasteiger charge is 2.30. The SMILES string of the molecule is C[C@H](Nc1cc(C(N)=O)nc(-c2ccc3c(c2)CN(C)CCN3c2ccc(C(F)(F)F)cc2)n1)C(N)=O. The van der Waals surface area contributed by atoms with Crippen molar-refractivity contribution in [1.82, 2.24) is 14.9 Å². The zero-order chi connectivity index (χ0) is 26.9. The summed E-state index contributed by atoms with van der Waals surface area (Å²) in [5.41, 5.74) is 13.0. The van der Waals surface area contributed by atoms with Gasteiger partial charge in [0.1, 0.15) is 17.6 Å². The van der Waals surface area contributed by atoms with Crippen LogP contribution in [-0.2, 0) is 17.5 Å². The van der Waals surface area contributed by atoms with Gasteiger partial charge in [-0.05, 0) is 62.0 Å². The lowest BCUT2D eigenvalue weighted by Gasteiger charge is -2.25. The molecule has 4 rings (SSSR count). The molecule has 1 aromatic heterocycles. The molecule has 3 aromatic rings. The van der Waals surface area contributed by atoms with E-state index in [2.05, 4.69) is 20.2 Å². The summed E-state index contributed by atoms with van der Waals surface area (Å²) in [6.45, 7) is 3.38. The van der Waals surface area contributed by atoms with Gasteiger partial charge < -0.3 is 26.6 Å². The highest BCUT2D eigenvalue weighted by molar-refractivity contribution is 5.92. The van der Waals surface area contributed by atoms with Gasteiger partial charge in [0.05, 0.1) is 5.56 Å². The van der Waals surface area contributed by atoms with Gasteiger partial charge in [-0.1, -0.05) is 0 Å². The maximum atomic E-state index is 13.1. The van der Waals surface area contributed by atoms with Crippen molar-refractivity contribution in [2.75, 3.05) is 30.4 Å². The first kappa shape index (κ1) is 25.9. The summed E-state index contributed by atoms with van der Waals surface area (Å²) in [7, 11) is 1.95. The average molecular weight is 514 g/mol. The van der Waals surface area contributed by atoms with E-state index < -0.39 is 29.6 Å². The van der Waals surface area contributed by atoms with Crippen molar-refractivity contribution in [2.24, 2.45) is 11.5 Å². The number of primary amides is 2. The number of anilines is 3. The molecule has 2 heterocycles. The lowest BCUT2D eigenvalue weighted by Crippen LogP contribution is -2.33. The van der Waals surface area contributed by atoms with Crippen LogP contribution >= 0.6 is 0 Å². The van der Waals surface area contributed by atoms with Gasteiger partial charge in [0, 0.05) is 42.6 Å². The van der Waals surface area contributed by atoms with E-state index in [0.29, 0.717) is 30.9 Å². The molecule has 12 heteroatoms. The molecule has 0 saturated heterocycles. The second-order valence-electron chi connectivity index (χ2n) is 8.87. The fourth-order valence-electron chi connectivity index (χ4n) is 4.04. The molecule has 0 unspecified atom stereocenters. The number of carbonyl (C=O) groups is 2. The van der Waals surface area contributed by atoms with Crippen LogP contribution in [-0.4, -0.2) is 52.9 Å². The largest absolute Gasteiger partial charge is 0.416 e. The lowest BCUT2D eigenvalue weighted by molar-refractivity contribution is -0.137. The Balaban J connectivity index is 1.74.